The van der Waals surface area contributed by atoms with Crippen LogP contribution in [0.5, 0.6) is 0 Å². The van der Waals surface area contributed by atoms with Gasteiger partial charge >= 0.3 is 0 Å². The zero-order valence-electron chi connectivity index (χ0n) is 19.6. The highest BCUT2D eigenvalue weighted by molar-refractivity contribution is 7.13. The Morgan fingerprint density at radius 2 is 0.933 bits per heavy atom. The van der Waals surface area contributed by atoms with E-state index in [0.717, 1.165) is 6.54 Å². The number of aryl methyl sites for hydroxylation is 3. The maximum absolute atomic E-state index is 3.04. The van der Waals surface area contributed by atoms with Gasteiger partial charge < -0.3 is 4.23 Å². The van der Waals surface area contributed by atoms with Crippen molar-refractivity contribution in [3.05, 3.63) is 89.5 Å². The fourth-order valence-electron chi connectivity index (χ4n) is 5.33. The van der Waals surface area contributed by atoms with E-state index < -0.39 is 17.2 Å². The van der Waals surface area contributed by atoms with Crippen LogP contribution in [0.25, 0.3) is 0 Å². The second-order valence-electron chi connectivity index (χ2n) is 8.41. The molecule has 3 aromatic carbocycles. The first-order valence-corrected chi connectivity index (χ1v) is 15.6. The minimum atomic E-state index is -2.40. The van der Waals surface area contributed by atoms with Crippen molar-refractivity contribution >= 4 is 32.8 Å². The molecular weight excluding hydrogens is 394 g/mol. The Morgan fingerprint density at radius 3 is 1.20 bits per heavy atom. The van der Waals surface area contributed by atoms with Gasteiger partial charge in [-0.05, 0) is 59.6 Å². The Balaban J connectivity index is 2.55. The lowest BCUT2D eigenvalue weighted by Crippen LogP contribution is -2.80. The van der Waals surface area contributed by atoms with Crippen LogP contribution in [-0.2, 0) is 0 Å². The molecule has 0 atom stereocenters. The van der Waals surface area contributed by atoms with E-state index in [1.165, 1.54) is 28.8 Å². The molecule has 0 radical (unpaired) electrons. The standard InChI is InChI=1S/C27H37NSi2/c1-7-28(29(8-2)9-3)30(25-19-13-10-16-22(25)4,26-20-14-11-17-23(26)5)27-21-15-12-18-24(27)6/h10-21,29H,7-9H2,1-6H3. The van der Waals surface area contributed by atoms with Gasteiger partial charge in [-0.15, -0.1) is 0 Å². The lowest BCUT2D eigenvalue weighted by Gasteiger charge is -2.48. The maximum atomic E-state index is 3.04. The third-order valence-corrected chi connectivity index (χ3v) is 17.3. The molecule has 3 aromatic rings. The first-order valence-electron chi connectivity index (χ1n) is 11.5. The Hall–Kier alpha value is -1.95. The van der Waals surface area contributed by atoms with Crippen molar-refractivity contribution in [3.8, 4) is 0 Å². The molecule has 0 aliphatic rings. The third-order valence-electron chi connectivity index (χ3n) is 6.76. The molecular formula is C27H37NSi2. The predicted molar refractivity (Wildman–Crippen MR) is 139 cm³/mol. The normalized spacial score (nSPS) is 12.0. The van der Waals surface area contributed by atoms with Crippen LogP contribution in [0.4, 0.5) is 0 Å². The van der Waals surface area contributed by atoms with Crippen molar-refractivity contribution in [2.24, 2.45) is 0 Å². The summed E-state index contributed by atoms with van der Waals surface area (Å²) in [5.41, 5.74) is 4.28. The van der Waals surface area contributed by atoms with Crippen LogP contribution in [0.15, 0.2) is 72.8 Å². The van der Waals surface area contributed by atoms with Gasteiger partial charge in [-0.2, -0.15) is 0 Å². The highest BCUT2D eigenvalue weighted by Crippen LogP contribution is 2.22. The quantitative estimate of drug-likeness (QED) is 0.370. The molecule has 0 fully saturated rings. The first-order chi connectivity index (χ1) is 14.5. The molecule has 0 aromatic heterocycles. The Labute approximate surface area is 186 Å². The molecule has 3 rings (SSSR count). The molecule has 0 aliphatic heterocycles. The second-order valence-corrected chi connectivity index (χ2v) is 16.1. The molecule has 1 nitrogen and oxygen atoms in total. The largest absolute Gasteiger partial charge is 0.337 e. The summed E-state index contributed by atoms with van der Waals surface area (Å²) >= 11 is 0. The fraction of sp³-hybridized carbons (Fsp3) is 0.333. The Morgan fingerprint density at radius 1 is 0.600 bits per heavy atom. The van der Waals surface area contributed by atoms with Crippen molar-refractivity contribution in [2.45, 2.75) is 53.6 Å². The SMILES string of the molecule is CCN([SiH](CC)CC)[Si](c1ccccc1C)(c1ccccc1C)c1ccccc1C. The van der Waals surface area contributed by atoms with Crippen molar-refractivity contribution < 1.29 is 0 Å². The van der Waals surface area contributed by atoms with E-state index in [-0.39, 0.29) is 0 Å². The molecule has 0 saturated carbocycles. The molecule has 30 heavy (non-hydrogen) atoms. The Bertz CT molecular complexity index is 867. The summed E-state index contributed by atoms with van der Waals surface area (Å²) in [5.74, 6) is 0. The lowest BCUT2D eigenvalue weighted by molar-refractivity contribution is 0.671. The fourth-order valence-corrected chi connectivity index (χ4v) is 17.1. The molecule has 3 heteroatoms. The molecule has 0 heterocycles. The summed E-state index contributed by atoms with van der Waals surface area (Å²) in [7, 11) is -3.51. The molecule has 0 amide bonds. The first kappa shape index (κ1) is 22.7. The Kier molecular flexibility index (Phi) is 7.51. The zero-order valence-corrected chi connectivity index (χ0v) is 21.7. The van der Waals surface area contributed by atoms with Crippen LogP contribution in [0.3, 0.4) is 0 Å². The van der Waals surface area contributed by atoms with Crippen LogP contribution >= 0.6 is 0 Å². The number of hydrogen-bond donors (Lipinski definition) is 0. The van der Waals surface area contributed by atoms with E-state index >= 15 is 0 Å². The van der Waals surface area contributed by atoms with Gasteiger partial charge in [-0.3, -0.25) is 0 Å². The van der Waals surface area contributed by atoms with Gasteiger partial charge in [0.2, 0.25) is 8.24 Å². The number of benzene rings is 3. The molecule has 0 spiro atoms. The molecule has 0 aliphatic carbocycles. The van der Waals surface area contributed by atoms with Crippen molar-refractivity contribution in [2.75, 3.05) is 6.54 Å². The van der Waals surface area contributed by atoms with E-state index in [2.05, 4.69) is 119 Å². The minimum absolute atomic E-state index is 1.11. The van der Waals surface area contributed by atoms with Crippen molar-refractivity contribution in [1.29, 1.82) is 0 Å². The summed E-state index contributed by atoms with van der Waals surface area (Å²) in [6.45, 7) is 15.3. The van der Waals surface area contributed by atoms with E-state index in [4.69, 9.17) is 0 Å². The molecule has 0 unspecified atom stereocenters. The number of hydrogen-bond acceptors (Lipinski definition) is 1. The van der Waals surface area contributed by atoms with Crippen molar-refractivity contribution in [3.63, 3.8) is 0 Å². The van der Waals surface area contributed by atoms with Gasteiger partial charge in [0.25, 0.3) is 0 Å². The van der Waals surface area contributed by atoms with E-state index in [9.17, 15) is 0 Å². The minimum Gasteiger partial charge on any atom is -0.337 e. The predicted octanol–water partition coefficient (Wildman–Crippen LogP) is 4.66. The lowest BCUT2D eigenvalue weighted by atomic mass is 10.2. The zero-order chi connectivity index (χ0) is 21.7. The van der Waals surface area contributed by atoms with Crippen LogP contribution in [0.1, 0.15) is 37.5 Å². The second kappa shape index (κ2) is 9.91. The molecule has 0 N–H and O–H groups in total. The van der Waals surface area contributed by atoms with E-state index in [1.807, 2.05) is 0 Å². The smallest absolute Gasteiger partial charge is 0.219 e. The van der Waals surface area contributed by atoms with Crippen LogP contribution in [0.2, 0.25) is 12.1 Å². The maximum Gasteiger partial charge on any atom is 0.219 e. The topological polar surface area (TPSA) is 3.24 Å². The average Bonchev–Trinajstić information content (AvgIpc) is 2.76. The average molecular weight is 432 g/mol. The summed E-state index contributed by atoms with van der Waals surface area (Å²) < 4.78 is 3.04. The van der Waals surface area contributed by atoms with Gasteiger partial charge in [-0.25, -0.2) is 0 Å². The van der Waals surface area contributed by atoms with Gasteiger partial charge in [0.15, 0.2) is 0 Å². The van der Waals surface area contributed by atoms with Crippen LogP contribution in [0, 0.1) is 20.8 Å². The van der Waals surface area contributed by atoms with E-state index in [0.29, 0.717) is 0 Å². The molecule has 0 saturated heterocycles. The van der Waals surface area contributed by atoms with Gasteiger partial charge in [0.05, 0.1) is 0 Å². The molecule has 158 valence electrons. The van der Waals surface area contributed by atoms with Crippen LogP contribution < -0.4 is 15.6 Å². The summed E-state index contributed by atoms with van der Waals surface area (Å²) in [6, 6.07) is 30.2. The van der Waals surface area contributed by atoms with Crippen LogP contribution in [-0.4, -0.2) is 28.0 Å². The monoisotopic (exact) mass is 431 g/mol. The highest BCUT2D eigenvalue weighted by Gasteiger charge is 2.48. The molecule has 0 bridgehead atoms. The highest BCUT2D eigenvalue weighted by atomic mass is 28.4. The van der Waals surface area contributed by atoms with Crippen molar-refractivity contribution in [1.82, 2.24) is 4.23 Å². The van der Waals surface area contributed by atoms with Gasteiger partial charge in [-0.1, -0.05) is 106 Å². The van der Waals surface area contributed by atoms with Gasteiger partial charge in [0, 0.05) is 0 Å². The summed E-state index contributed by atoms with van der Waals surface area (Å²) in [4.78, 5) is 0. The summed E-state index contributed by atoms with van der Waals surface area (Å²) in [5, 5.41) is 4.69. The van der Waals surface area contributed by atoms with E-state index in [1.54, 1.807) is 15.6 Å². The summed E-state index contributed by atoms with van der Waals surface area (Å²) in [6.07, 6.45) is 0. The third kappa shape index (κ3) is 3.86. The number of rotatable bonds is 8. The van der Waals surface area contributed by atoms with Gasteiger partial charge in [0.1, 0.15) is 8.96 Å². The number of nitrogens with zero attached hydrogens (tertiary/aromatic N) is 1.